The largest absolute Gasteiger partial charge is 0.383 e. The molecule has 2 saturated heterocycles. The van der Waals surface area contributed by atoms with Crippen LogP contribution >= 0.6 is 0 Å². The van der Waals surface area contributed by atoms with E-state index in [1.54, 1.807) is 0 Å². The number of piperidine rings is 1. The summed E-state index contributed by atoms with van der Waals surface area (Å²) >= 11 is 0. The van der Waals surface area contributed by atoms with Crippen molar-refractivity contribution in [3.05, 3.63) is 30.1 Å². The average Bonchev–Trinajstić information content (AvgIpc) is 2.78. The molecule has 0 bridgehead atoms. The van der Waals surface area contributed by atoms with Gasteiger partial charge in [0.15, 0.2) is 0 Å². The number of hydrogen-bond acceptors (Lipinski definition) is 4. The third-order valence-corrected chi connectivity index (χ3v) is 4.84. The van der Waals surface area contributed by atoms with Gasteiger partial charge in [0.05, 0.1) is 12.3 Å². The Hall–Kier alpha value is -0.970. The number of ether oxygens (including phenoxy) is 1. The minimum atomic E-state index is 0.503. The maximum absolute atomic E-state index is 5.45. The first kappa shape index (κ1) is 14.0. The number of nitrogens with zero attached hydrogens (tertiary/aromatic N) is 2. The maximum Gasteiger partial charge on any atom is 0.0618 e. The van der Waals surface area contributed by atoms with Gasteiger partial charge < -0.3 is 10.1 Å². The van der Waals surface area contributed by atoms with Crippen LogP contribution in [0.5, 0.6) is 0 Å². The van der Waals surface area contributed by atoms with Crippen LogP contribution in [0.3, 0.4) is 0 Å². The van der Waals surface area contributed by atoms with Crippen molar-refractivity contribution in [1.82, 2.24) is 15.2 Å². The highest BCUT2D eigenvalue weighted by Gasteiger charge is 2.44. The Bertz CT molecular complexity index is 417. The van der Waals surface area contributed by atoms with Crippen molar-refractivity contribution < 1.29 is 4.74 Å². The summed E-state index contributed by atoms with van der Waals surface area (Å²) in [6.45, 7) is 5.31. The lowest BCUT2D eigenvalue weighted by atomic mass is 9.77. The molecule has 0 aliphatic carbocycles. The van der Waals surface area contributed by atoms with Crippen LogP contribution in [0.1, 0.15) is 25.0 Å². The molecular weight excluding hydrogens is 250 g/mol. The van der Waals surface area contributed by atoms with Gasteiger partial charge in [-0.05, 0) is 49.9 Å². The van der Waals surface area contributed by atoms with E-state index in [0.29, 0.717) is 11.5 Å². The number of likely N-dealkylation sites (tertiary alicyclic amines) is 1. The molecule has 4 nitrogen and oxygen atoms in total. The first-order chi connectivity index (χ1) is 9.81. The molecule has 0 amide bonds. The van der Waals surface area contributed by atoms with E-state index < -0.39 is 0 Å². The van der Waals surface area contributed by atoms with Crippen LogP contribution < -0.4 is 5.32 Å². The lowest BCUT2D eigenvalue weighted by molar-refractivity contribution is 0.111. The second-order valence-electron chi connectivity index (χ2n) is 6.29. The van der Waals surface area contributed by atoms with Crippen molar-refractivity contribution in [3.63, 3.8) is 0 Å². The van der Waals surface area contributed by atoms with Crippen LogP contribution in [0.4, 0.5) is 0 Å². The van der Waals surface area contributed by atoms with E-state index >= 15 is 0 Å². The Morgan fingerprint density at radius 1 is 1.40 bits per heavy atom. The minimum absolute atomic E-state index is 0.503. The molecule has 1 aromatic rings. The van der Waals surface area contributed by atoms with Crippen LogP contribution in [-0.2, 0) is 11.3 Å². The Morgan fingerprint density at radius 3 is 2.95 bits per heavy atom. The van der Waals surface area contributed by atoms with Gasteiger partial charge in [0.25, 0.3) is 0 Å². The molecule has 4 heteroatoms. The van der Waals surface area contributed by atoms with Gasteiger partial charge in [-0.25, -0.2) is 0 Å². The Morgan fingerprint density at radius 2 is 2.25 bits per heavy atom. The molecule has 0 aromatic carbocycles. The summed E-state index contributed by atoms with van der Waals surface area (Å²) < 4.78 is 5.45. The minimum Gasteiger partial charge on any atom is -0.383 e. The normalized spacial score (nSPS) is 26.1. The Labute approximate surface area is 121 Å². The number of pyridine rings is 1. The van der Waals surface area contributed by atoms with Crippen molar-refractivity contribution in [2.24, 2.45) is 5.41 Å². The molecule has 1 aromatic heterocycles. The van der Waals surface area contributed by atoms with Gasteiger partial charge in [-0.1, -0.05) is 6.07 Å². The SMILES string of the molecule is COCC1CC2(CCNCC2)CN1Cc1ccccn1. The predicted molar refractivity (Wildman–Crippen MR) is 79.5 cm³/mol. The number of hydrogen-bond donors (Lipinski definition) is 1. The first-order valence-electron chi connectivity index (χ1n) is 7.65. The van der Waals surface area contributed by atoms with Crippen LogP contribution in [-0.4, -0.2) is 49.3 Å². The summed E-state index contributed by atoms with van der Waals surface area (Å²) in [5.41, 5.74) is 1.67. The summed E-state index contributed by atoms with van der Waals surface area (Å²) in [6, 6.07) is 6.72. The third kappa shape index (κ3) is 3.03. The second kappa shape index (κ2) is 6.20. The topological polar surface area (TPSA) is 37.4 Å². The molecule has 1 spiro atoms. The number of rotatable bonds is 4. The lowest BCUT2D eigenvalue weighted by Crippen LogP contribution is -2.38. The molecule has 110 valence electrons. The van der Waals surface area contributed by atoms with E-state index in [1.165, 1.54) is 31.5 Å². The molecule has 0 radical (unpaired) electrons. The molecule has 1 N–H and O–H groups in total. The predicted octanol–water partition coefficient (Wildman–Crippen LogP) is 1.67. The van der Waals surface area contributed by atoms with Gasteiger partial charge in [-0.15, -0.1) is 0 Å². The molecule has 1 atom stereocenters. The summed E-state index contributed by atoms with van der Waals surface area (Å²) in [5, 5.41) is 3.49. The summed E-state index contributed by atoms with van der Waals surface area (Å²) in [6.07, 6.45) is 5.75. The first-order valence-corrected chi connectivity index (χ1v) is 7.65. The zero-order chi connectivity index (χ0) is 13.8. The fourth-order valence-corrected chi connectivity index (χ4v) is 3.81. The van der Waals surface area contributed by atoms with E-state index in [9.17, 15) is 0 Å². The fourth-order valence-electron chi connectivity index (χ4n) is 3.81. The molecule has 2 aliphatic heterocycles. The zero-order valence-corrected chi connectivity index (χ0v) is 12.3. The van der Waals surface area contributed by atoms with Gasteiger partial charge in [-0.2, -0.15) is 0 Å². The fraction of sp³-hybridized carbons (Fsp3) is 0.688. The smallest absolute Gasteiger partial charge is 0.0618 e. The van der Waals surface area contributed by atoms with Crippen LogP contribution in [0, 0.1) is 5.41 Å². The van der Waals surface area contributed by atoms with Crippen molar-refractivity contribution in [2.45, 2.75) is 31.8 Å². The Balaban J connectivity index is 1.70. The van der Waals surface area contributed by atoms with Crippen LogP contribution in [0.2, 0.25) is 0 Å². The second-order valence-corrected chi connectivity index (χ2v) is 6.29. The monoisotopic (exact) mass is 275 g/mol. The highest BCUT2D eigenvalue weighted by Crippen LogP contribution is 2.42. The van der Waals surface area contributed by atoms with E-state index in [2.05, 4.69) is 27.3 Å². The van der Waals surface area contributed by atoms with E-state index in [0.717, 1.165) is 26.2 Å². The molecule has 3 rings (SSSR count). The van der Waals surface area contributed by atoms with Gasteiger partial charge in [0.1, 0.15) is 0 Å². The van der Waals surface area contributed by atoms with E-state index in [-0.39, 0.29) is 0 Å². The molecule has 20 heavy (non-hydrogen) atoms. The summed E-state index contributed by atoms with van der Waals surface area (Å²) in [5.74, 6) is 0. The quantitative estimate of drug-likeness (QED) is 0.907. The van der Waals surface area contributed by atoms with Crippen molar-refractivity contribution in [1.29, 1.82) is 0 Å². The number of nitrogens with one attached hydrogen (secondary N) is 1. The Kier molecular flexibility index (Phi) is 4.34. The zero-order valence-electron chi connectivity index (χ0n) is 12.3. The van der Waals surface area contributed by atoms with E-state index in [1.807, 2.05) is 19.4 Å². The van der Waals surface area contributed by atoms with Crippen molar-refractivity contribution in [2.75, 3.05) is 33.4 Å². The highest BCUT2D eigenvalue weighted by atomic mass is 16.5. The summed E-state index contributed by atoms with van der Waals surface area (Å²) in [7, 11) is 1.81. The lowest BCUT2D eigenvalue weighted by Gasteiger charge is -2.33. The molecule has 0 saturated carbocycles. The highest BCUT2D eigenvalue weighted by molar-refractivity contribution is 5.06. The molecule has 2 aliphatic rings. The van der Waals surface area contributed by atoms with Crippen LogP contribution in [0.25, 0.3) is 0 Å². The standard InChI is InChI=1S/C16H25N3O/c1-20-12-15-10-16(5-8-17-9-6-16)13-19(15)11-14-4-2-3-7-18-14/h2-4,7,15,17H,5-6,8-13H2,1H3. The maximum atomic E-state index is 5.45. The average molecular weight is 275 g/mol. The van der Waals surface area contributed by atoms with E-state index in [4.69, 9.17) is 4.74 Å². The van der Waals surface area contributed by atoms with Crippen molar-refractivity contribution >= 4 is 0 Å². The van der Waals surface area contributed by atoms with Crippen molar-refractivity contribution in [3.8, 4) is 0 Å². The van der Waals surface area contributed by atoms with Gasteiger partial charge in [0.2, 0.25) is 0 Å². The van der Waals surface area contributed by atoms with Gasteiger partial charge in [0, 0.05) is 32.4 Å². The van der Waals surface area contributed by atoms with Gasteiger partial charge >= 0.3 is 0 Å². The van der Waals surface area contributed by atoms with Crippen LogP contribution in [0.15, 0.2) is 24.4 Å². The molecule has 1 unspecified atom stereocenters. The third-order valence-electron chi connectivity index (χ3n) is 4.84. The number of aromatic nitrogens is 1. The molecule has 3 heterocycles. The molecule has 2 fully saturated rings. The number of methoxy groups -OCH3 is 1. The van der Waals surface area contributed by atoms with Gasteiger partial charge in [-0.3, -0.25) is 9.88 Å². The summed E-state index contributed by atoms with van der Waals surface area (Å²) in [4.78, 5) is 7.06. The molecular formula is C16H25N3O.